The molecule has 13 aromatic carbocycles. The Bertz CT molecular complexity index is 4170. The van der Waals surface area contributed by atoms with E-state index in [2.05, 4.69) is 133 Å². The van der Waals surface area contributed by atoms with E-state index in [1.54, 1.807) is 12.1 Å². The molecular formula is C70H48F2N2. The lowest BCUT2D eigenvalue weighted by molar-refractivity contribution is 0.629. The number of fused-ring (bicyclic) bond motifs is 3. The van der Waals surface area contributed by atoms with Crippen LogP contribution in [0, 0.1) is 25.5 Å². The van der Waals surface area contributed by atoms with Crippen LogP contribution in [0.3, 0.4) is 0 Å². The summed E-state index contributed by atoms with van der Waals surface area (Å²) in [6, 6.07) is 85.6. The van der Waals surface area contributed by atoms with Crippen LogP contribution in [-0.4, -0.2) is 0 Å². The van der Waals surface area contributed by atoms with Crippen molar-refractivity contribution in [2.24, 2.45) is 0 Å². The molecule has 2 nitrogen and oxygen atoms in total. The van der Waals surface area contributed by atoms with Gasteiger partial charge in [0.15, 0.2) is 0 Å². The smallest absolute Gasteiger partial charge is 0.148 e. The second-order valence-electron chi connectivity index (χ2n) is 19.1. The number of rotatable bonds is 10. The van der Waals surface area contributed by atoms with Crippen molar-refractivity contribution < 1.29 is 8.78 Å². The Labute approximate surface area is 429 Å². The second kappa shape index (κ2) is 18.3. The summed E-state index contributed by atoms with van der Waals surface area (Å²) < 4.78 is 36.5. The summed E-state index contributed by atoms with van der Waals surface area (Å²) in [4.78, 5) is 4.23. The summed E-state index contributed by atoms with van der Waals surface area (Å²) in [5, 5.41) is 8.52. The van der Waals surface area contributed by atoms with Crippen LogP contribution in [0.5, 0.6) is 0 Å². The molecule has 74 heavy (non-hydrogen) atoms. The highest BCUT2D eigenvalue weighted by atomic mass is 19.1. The van der Waals surface area contributed by atoms with Crippen LogP contribution in [0.2, 0.25) is 0 Å². The lowest BCUT2D eigenvalue weighted by Crippen LogP contribution is -2.16. The fraction of sp³-hybridized carbons (Fsp3) is 0.0286. The molecule has 4 heteroatoms. The maximum absolute atomic E-state index is 18.2. The van der Waals surface area contributed by atoms with Gasteiger partial charge in [-0.05, 0) is 141 Å². The molecule has 0 aromatic heterocycles. The van der Waals surface area contributed by atoms with Gasteiger partial charge in [-0.3, -0.25) is 0 Å². The number of anilines is 6. The predicted molar refractivity (Wildman–Crippen MR) is 308 cm³/mol. The van der Waals surface area contributed by atoms with Gasteiger partial charge in [-0.1, -0.05) is 194 Å². The molecule has 0 spiro atoms. The van der Waals surface area contributed by atoms with Crippen LogP contribution in [0.4, 0.5) is 42.9 Å². The first-order chi connectivity index (χ1) is 36.4. The van der Waals surface area contributed by atoms with Crippen molar-refractivity contribution in [2.75, 3.05) is 9.80 Å². The standard InChI is InChI=1S/C70H48F2N2/c1-45-37-38-57-64(74(54-33-19-8-20-34-54)70-59(50-29-15-6-16-30-50)41-52(43-62(70)72)48-25-11-4-12-26-48)44-60-63(39-46(2)66-56-36-22-21-35-55(56)65(45)67(57)68(60)66)73(53-31-17-7-18-32-53)69-58(49-27-13-5-14-28-49)40-51(42-61(69)71)47-23-9-3-10-24-47/h3-44H,1-2H3. The predicted octanol–water partition coefficient (Wildman–Crippen LogP) is 20.2. The first kappa shape index (κ1) is 44.6. The molecule has 0 radical (unpaired) electrons. The minimum atomic E-state index is -0.365. The highest BCUT2D eigenvalue weighted by molar-refractivity contribution is 6.38. The molecule has 0 saturated heterocycles. The van der Waals surface area contributed by atoms with E-state index < -0.39 is 0 Å². The average molecular weight is 955 g/mol. The highest BCUT2D eigenvalue weighted by Crippen LogP contribution is 2.55. The van der Waals surface area contributed by atoms with Gasteiger partial charge in [0.2, 0.25) is 0 Å². The summed E-state index contributed by atoms with van der Waals surface area (Å²) >= 11 is 0. The van der Waals surface area contributed by atoms with Crippen molar-refractivity contribution in [2.45, 2.75) is 13.8 Å². The maximum atomic E-state index is 18.2. The van der Waals surface area contributed by atoms with Crippen molar-refractivity contribution in [3.8, 4) is 44.5 Å². The van der Waals surface area contributed by atoms with Crippen molar-refractivity contribution in [3.63, 3.8) is 0 Å². The Morgan fingerprint density at radius 3 is 1.08 bits per heavy atom. The third kappa shape index (κ3) is 7.45. The van der Waals surface area contributed by atoms with Crippen molar-refractivity contribution >= 4 is 77.2 Å². The van der Waals surface area contributed by atoms with Crippen LogP contribution in [0.15, 0.2) is 255 Å². The third-order valence-corrected chi connectivity index (χ3v) is 14.7. The number of halogens is 2. The van der Waals surface area contributed by atoms with Gasteiger partial charge in [0.25, 0.3) is 0 Å². The topological polar surface area (TPSA) is 6.48 Å². The Morgan fingerprint density at radius 1 is 0.270 bits per heavy atom. The second-order valence-corrected chi connectivity index (χ2v) is 19.1. The molecule has 0 N–H and O–H groups in total. The van der Waals surface area contributed by atoms with E-state index in [9.17, 15) is 0 Å². The summed E-state index contributed by atoms with van der Waals surface area (Å²) in [6.07, 6.45) is 0. The average Bonchev–Trinajstić information content (AvgIpc) is 3.57. The van der Waals surface area contributed by atoms with E-state index >= 15 is 8.78 Å². The minimum Gasteiger partial charge on any atom is -0.307 e. The van der Waals surface area contributed by atoms with Gasteiger partial charge in [-0.25, -0.2) is 8.78 Å². The number of benzene rings is 13. The van der Waals surface area contributed by atoms with Gasteiger partial charge in [-0.2, -0.15) is 0 Å². The van der Waals surface area contributed by atoms with Gasteiger partial charge in [0.05, 0.1) is 22.7 Å². The number of nitrogens with zero attached hydrogens (tertiary/aromatic N) is 2. The first-order valence-electron chi connectivity index (χ1n) is 25.1. The molecule has 352 valence electrons. The zero-order valence-electron chi connectivity index (χ0n) is 40.9. The molecule has 0 heterocycles. The van der Waals surface area contributed by atoms with E-state index in [1.807, 2.05) is 133 Å². The van der Waals surface area contributed by atoms with E-state index in [4.69, 9.17) is 0 Å². The summed E-state index contributed by atoms with van der Waals surface area (Å²) in [7, 11) is 0. The lowest BCUT2D eigenvalue weighted by Gasteiger charge is -2.33. The molecule has 0 aliphatic carbocycles. The Balaban J connectivity index is 1.20. The van der Waals surface area contributed by atoms with Crippen LogP contribution in [0.25, 0.3) is 87.6 Å². The molecule has 0 saturated carbocycles. The zero-order chi connectivity index (χ0) is 49.9. The maximum Gasteiger partial charge on any atom is 0.148 e. The molecule has 0 unspecified atom stereocenters. The molecule has 0 bridgehead atoms. The largest absolute Gasteiger partial charge is 0.307 e. The lowest BCUT2D eigenvalue weighted by atomic mass is 9.84. The quantitative estimate of drug-likeness (QED) is 0.0995. The number of aryl methyl sites for hydroxylation is 2. The van der Waals surface area contributed by atoms with Crippen LogP contribution in [0.1, 0.15) is 11.1 Å². The zero-order valence-corrected chi connectivity index (χ0v) is 40.9. The summed E-state index contributed by atoms with van der Waals surface area (Å²) in [6.45, 7) is 4.36. The van der Waals surface area contributed by atoms with Crippen molar-refractivity contribution in [1.82, 2.24) is 0 Å². The van der Waals surface area contributed by atoms with Gasteiger partial charge >= 0.3 is 0 Å². The highest BCUT2D eigenvalue weighted by Gasteiger charge is 2.31. The Hall–Kier alpha value is -9.38. The fourth-order valence-corrected chi connectivity index (χ4v) is 11.5. The Kier molecular flexibility index (Phi) is 11.0. The first-order valence-corrected chi connectivity index (χ1v) is 25.1. The molecule has 0 atom stereocenters. The van der Waals surface area contributed by atoms with E-state index in [-0.39, 0.29) is 11.6 Å². The van der Waals surface area contributed by atoms with Crippen LogP contribution < -0.4 is 9.80 Å². The Morgan fingerprint density at radius 2 is 0.635 bits per heavy atom. The minimum absolute atomic E-state index is 0.363. The molecule has 0 fully saturated rings. The molecule has 0 amide bonds. The normalized spacial score (nSPS) is 11.5. The monoisotopic (exact) mass is 954 g/mol. The number of hydrogen-bond acceptors (Lipinski definition) is 2. The van der Waals surface area contributed by atoms with E-state index in [1.165, 1.54) is 0 Å². The van der Waals surface area contributed by atoms with Gasteiger partial charge in [0, 0.05) is 44.0 Å². The molecule has 13 aromatic rings. The molecular weight excluding hydrogens is 907 g/mol. The SMILES string of the molecule is Cc1ccc2c(N(c3ccccc3)c3c(F)cc(-c4ccccc4)cc3-c3ccccc3)cc3c(N(c4ccccc4)c4c(F)cc(-c5ccccc5)cc4-c4ccccc4)cc(C)c4c5ccccc5c1c2c34. The van der Waals surface area contributed by atoms with Gasteiger partial charge in [-0.15, -0.1) is 0 Å². The van der Waals surface area contributed by atoms with E-state index in [0.29, 0.717) is 11.4 Å². The van der Waals surface area contributed by atoms with E-state index in [0.717, 1.165) is 121 Å². The molecule has 13 rings (SSSR count). The summed E-state index contributed by atoms with van der Waals surface area (Å²) in [5.41, 5.74) is 12.9. The van der Waals surface area contributed by atoms with Crippen LogP contribution in [-0.2, 0) is 0 Å². The molecule has 0 aliphatic rings. The van der Waals surface area contributed by atoms with Gasteiger partial charge < -0.3 is 9.80 Å². The molecule has 0 aliphatic heterocycles. The van der Waals surface area contributed by atoms with Gasteiger partial charge in [0.1, 0.15) is 11.6 Å². The number of para-hydroxylation sites is 2. The van der Waals surface area contributed by atoms with Crippen molar-refractivity contribution in [1.29, 1.82) is 0 Å². The number of hydrogen-bond donors (Lipinski definition) is 0. The summed E-state index contributed by atoms with van der Waals surface area (Å²) in [5.74, 6) is -0.728. The van der Waals surface area contributed by atoms with Crippen molar-refractivity contribution in [3.05, 3.63) is 278 Å². The fourth-order valence-electron chi connectivity index (χ4n) is 11.5. The third-order valence-electron chi connectivity index (χ3n) is 14.7. The van der Waals surface area contributed by atoms with Crippen LogP contribution >= 0.6 is 0 Å².